The highest BCUT2D eigenvalue weighted by Gasteiger charge is 2.37. The van der Waals surface area contributed by atoms with Crippen LogP contribution >= 0.6 is 0 Å². The third-order valence-electron chi connectivity index (χ3n) is 4.91. The van der Waals surface area contributed by atoms with Gasteiger partial charge in [0.05, 0.1) is 18.6 Å². The molecule has 1 aromatic carbocycles. The summed E-state index contributed by atoms with van der Waals surface area (Å²) in [6, 6.07) is 3.70. The number of carboxylic acid groups (broad SMARTS) is 1. The van der Waals surface area contributed by atoms with E-state index >= 15 is 0 Å². The van der Waals surface area contributed by atoms with Crippen molar-refractivity contribution in [3.63, 3.8) is 0 Å². The van der Waals surface area contributed by atoms with E-state index in [9.17, 15) is 24.0 Å². The molecule has 1 aliphatic rings. The van der Waals surface area contributed by atoms with Crippen molar-refractivity contribution in [3.05, 3.63) is 29.8 Å². The van der Waals surface area contributed by atoms with E-state index in [-0.39, 0.29) is 6.10 Å². The van der Waals surface area contributed by atoms with Crippen molar-refractivity contribution < 1.29 is 33.8 Å². The summed E-state index contributed by atoms with van der Waals surface area (Å²) in [6.07, 6.45) is 0.714. The number of carboxylic acids is 1. The lowest BCUT2D eigenvalue weighted by molar-refractivity contribution is -0.141. The van der Waals surface area contributed by atoms with Crippen LogP contribution in [0.1, 0.15) is 50.4 Å². The molecule has 3 unspecified atom stereocenters. The van der Waals surface area contributed by atoms with Crippen molar-refractivity contribution in [2.45, 2.75) is 64.3 Å². The summed E-state index contributed by atoms with van der Waals surface area (Å²) < 4.78 is 5.58. The molecule has 1 heterocycles. The molecule has 3 atom stereocenters. The van der Waals surface area contributed by atoms with E-state index in [1.807, 2.05) is 13.8 Å². The molecule has 3 amide bonds. The highest BCUT2D eigenvalue weighted by atomic mass is 16.5. The first kappa shape index (κ1) is 24.8. The van der Waals surface area contributed by atoms with Gasteiger partial charge in [0.2, 0.25) is 11.8 Å². The number of benzene rings is 1. The second-order valence-corrected chi connectivity index (χ2v) is 7.93. The van der Waals surface area contributed by atoms with Crippen molar-refractivity contribution in [2.75, 3.05) is 6.54 Å². The Morgan fingerprint density at radius 2 is 1.94 bits per heavy atom. The SMILES string of the molecule is CC(C)Oc1cccc(C(=O)NC(C)C(=O)N2CCCC2C(=O)NC(C=O)CC(=O)O)c1. The van der Waals surface area contributed by atoms with Gasteiger partial charge in [-0.25, -0.2) is 0 Å². The van der Waals surface area contributed by atoms with Gasteiger partial charge < -0.3 is 30.2 Å². The van der Waals surface area contributed by atoms with Crippen LogP contribution in [0.4, 0.5) is 0 Å². The molecule has 1 aliphatic heterocycles. The Kier molecular flexibility index (Phi) is 8.74. The summed E-state index contributed by atoms with van der Waals surface area (Å²) in [6.45, 7) is 5.59. The lowest BCUT2D eigenvalue weighted by Gasteiger charge is -2.27. The predicted molar refractivity (Wildman–Crippen MR) is 114 cm³/mol. The first-order chi connectivity index (χ1) is 15.1. The number of ether oxygens (including phenoxy) is 1. The van der Waals surface area contributed by atoms with Crippen LogP contribution in [0.2, 0.25) is 0 Å². The molecule has 0 aliphatic carbocycles. The van der Waals surface area contributed by atoms with E-state index < -0.39 is 48.2 Å². The van der Waals surface area contributed by atoms with Crippen molar-refractivity contribution in [2.24, 2.45) is 0 Å². The van der Waals surface area contributed by atoms with Gasteiger partial charge in [-0.3, -0.25) is 19.2 Å². The third-order valence-corrected chi connectivity index (χ3v) is 4.91. The number of likely N-dealkylation sites (tertiary alicyclic amines) is 1. The molecule has 1 saturated heterocycles. The topological polar surface area (TPSA) is 142 Å². The van der Waals surface area contributed by atoms with Gasteiger partial charge in [-0.15, -0.1) is 0 Å². The van der Waals surface area contributed by atoms with Gasteiger partial charge in [-0.1, -0.05) is 6.07 Å². The van der Waals surface area contributed by atoms with Crippen molar-refractivity contribution in [1.29, 1.82) is 0 Å². The van der Waals surface area contributed by atoms with Crippen molar-refractivity contribution in [1.82, 2.24) is 15.5 Å². The molecular formula is C22H29N3O7. The Balaban J connectivity index is 2.01. The van der Waals surface area contributed by atoms with Gasteiger partial charge in [0.1, 0.15) is 24.1 Å². The minimum Gasteiger partial charge on any atom is -0.491 e. The molecule has 0 aromatic heterocycles. The quantitative estimate of drug-likeness (QED) is 0.449. The number of amides is 3. The molecule has 0 radical (unpaired) electrons. The van der Waals surface area contributed by atoms with E-state index in [1.54, 1.807) is 24.3 Å². The van der Waals surface area contributed by atoms with E-state index in [0.717, 1.165) is 0 Å². The second kappa shape index (κ2) is 11.3. The molecule has 3 N–H and O–H groups in total. The smallest absolute Gasteiger partial charge is 0.305 e. The lowest BCUT2D eigenvalue weighted by atomic mass is 10.1. The summed E-state index contributed by atoms with van der Waals surface area (Å²) in [7, 11) is 0. The molecular weight excluding hydrogens is 418 g/mol. The minimum atomic E-state index is -1.22. The highest BCUT2D eigenvalue weighted by molar-refractivity contribution is 5.98. The first-order valence-corrected chi connectivity index (χ1v) is 10.5. The number of hydrogen-bond acceptors (Lipinski definition) is 6. The van der Waals surface area contributed by atoms with E-state index in [1.165, 1.54) is 11.8 Å². The van der Waals surface area contributed by atoms with Crippen LogP contribution in [0, 0.1) is 0 Å². The van der Waals surface area contributed by atoms with Crippen LogP contribution in [0.15, 0.2) is 24.3 Å². The Morgan fingerprint density at radius 3 is 2.56 bits per heavy atom. The highest BCUT2D eigenvalue weighted by Crippen LogP contribution is 2.19. The average molecular weight is 447 g/mol. The Bertz CT molecular complexity index is 871. The number of aldehydes is 1. The predicted octanol–water partition coefficient (Wildman–Crippen LogP) is 0.742. The number of carbonyl (C=O) groups excluding carboxylic acids is 4. The number of carbonyl (C=O) groups is 5. The fraction of sp³-hybridized carbons (Fsp3) is 0.500. The second-order valence-electron chi connectivity index (χ2n) is 7.93. The Labute approximate surface area is 186 Å². The van der Waals surface area contributed by atoms with Crippen LogP contribution in [-0.2, 0) is 19.2 Å². The van der Waals surface area contributed by atoms with E-state index in [4.69, 9.17) is 9.84 Å². The molecule has 1 aromatic rings. The lowest BCUT2D eigenvalue weighted by Crippen LogP contribution is -2.54. The van der Waals surface area contributed by atoms with E-state index in [2.05, 4.69) is 10.6 Å². The largest absolute Gasteiger partial charge is 0.491 e. The number of hydrogen-bond donors (Lipinski definition) is 3. The van der Waals surface area contributed by atoms with Crippen molar-refractivity contribution >= 4 is 30.0 Å². The number of aliphatic carboxylic acids is 1. The molecule has 32 heavy (non-hydrogen) atoms. The first-order valence-electron chi connectivity index (χ1n) is 10.5. The zero-order valence-electron chi connectivity index (χ0n) is 18.4. The summed E-state index contributed by atoms with van der Waals surface area (Å²) in [5.41, 5.74) is 0.334. The molecule has 0 bridgehead atoms. The average Bonchev–Trinajstić information content (AvgIpc) is 3.21. The van der Waals surface area contributed by atoms with E-state index in [0.29, 0.717) is 37.0 Å². The summed E-state index contributed by atoms with van der Waals surface area (Å²) in [5, 5.41) is 13.8. The van der Waals surface area contributed by atoms with Crippen LogP contribution < -0.4 is 15.4 Å². The van der Waals surface area contributed by atoms with Gasteiger partial charge in [0.25, 0.3) is 5.91 Å². The standard InChI is InChI=1S/C22H29N3O7/c1-13(2)32-17-7-4-6-15(10-17)20(29)23-14(3)22(31)25-9-5-8-18(25)21(30)24-16(12-26)11-19(27)28/h4,6-7,10,12-14,16,18H,5,8-9,11H2,1-3H3,(H,23,29)(H,24,30)(H,27,28). The van der Waals surface area contributed by atoms with Gasteiger partial charge >= 0.3 is 5.97 Å². The summed E-state index contributed by atoms with van der Waals surface area (Å²) in [4.78, 5) is 61.3. The zero-order chi connectivity index (χ0) is 23.8. The third kappa shape index (κ3) is 6.79. The minimum absolute atomic E-state index is 0.0543. The van der Waals surface area contributed by atoms with Crippen LogP contribution in [-0.4, -0.2) is 70.8 Å². The van der Waals surface area contributed by atoms with Gasteiger partial charge in [-0.05, 0) is 51.8 Å². The molecule has 1 fully saturated rings. The fourth-order valence-corrected chi connectivity index (χ4v) is 3.48. The maximum atomic E-state index is 12.9. The monoisotopic (exact) mass is 447 g/mol. The molecule has 0 spiro atoms. The Hall–Kier alpha value is -3.43. The maximum absolute atomic E-state index is 12.9. The summed E-state index contributed by atoms with van der Waals surface area (Å²) in [5.74, 6) is -2.17. The van der Waals surface area contributed by atoms with Crippen LogP contribution in [0.3, 0.4) is 0 Å². The zero-order valence-corrected chi connectivity index (χ0v) is 18.4. The number of nitrogens with one attached hydrogen (secondary N) is 2. The van der Waals surface area contributed by atoms with Crippen LogP contribution in [0.5, 0.6) is 5.75 Å². The van der Waals surface area contributed by atoms with Crippen LogP contribution in [0.25, 0.3) is 0 Å². The molecule has 0 saturated carbocycles. The normalized spacial score (nSPS) is 17.4. The number of rotatable bonds is 10. The fourth-order valence-electron chi connectivity index (χ4n) is 3.48. The molecule has 10 heteroatoms. The molecule has 2 rings (SSSR count). The molecule has 174 valence electrons. The maximum Gasteiger partial charge on any atom is 0.305 e. The van der Waals surface area contributed by atoms with Gasteiger partial charge in [0.15, 0.2) is 0 Å². The summed E-state index contributed by atoms with van der Waals surface area (Å²) >= 11 is 0. The Morgan fingerprint density at radius 1 is 1.22 bits per heavy atom. The van der Waals surface area contributed by atoms with Gasteiger partial charge in [-0.2, -0.15) is 0 Å². The number of nitrogens with zero attached hydrogens (tertiary/aromatic N) is 1. The van der Waals surface area contributed by atoms with Gasteiger partial charge in [0, 0.05) is 12.1 Å². The van der Waals surface area contributed by atoms with Crippen molar-refractivity contribution in [3.8, 4) is 5.75 Å². The molecule has 10 nitrogen and oxygen atoms in total.